The summed E-state index contributed by atoms with van der Waals surface area (Å²) in [6.07, 6.45) is 2.38. The minimum atomic E-state index is -0.710. The number of anilines is 1. The fourth-order valence-electron chi connectivity index (χ4n) is 2.86. The molecule has 0 spiro atoms. The normalized spacial score (nSPS) is 12.2. The van der Waals surface area contributed by atoms with Crippen molar-refractivity contribution in [2.45, 2.75) is 56.5 Å². The summed E-state index contributed by atoms with van der Waals surface area (Å²) in [5.74, 6) is 0.0993. The quantitative estimate of drug-likeness (QED) is 0.501. The maximum absolute atomic E-state index is 13.1. The van der Waals surface area contributed by atoms with E-state index < -0.39 is 16.9 Å². The summed E-state index contributed by atoms with van der Waals surface area (Å²) in [5.41, 5.74) is 0.485. The highest BCUT2D eigenvalue weighted by Crippen LogP contribution is 2.30. The maximum atomic E-state index is 13.1. The van der Waals surface area contributed by atoms with Gasteiger partial charge in [-0.3, -0.25) is 9.78 Å². The zero-order chi connectivity index (χ0) is 23.1. The monoisotopic (exact) mass is 453 g/mol. The lowest BCUT2D eigenvalue weighted by atomic mass is 10.2. The van der Waals surface area contributed by atoms with Crippen molar-refractivity contribution >= 4 is 29.4 Å². The molecule has 1 aromatic carbocycles. The first-order valence-electron chi connectivity index (χ1n) is 10.4. The number of para-hydroxylation sites is 1. The number of aromatic nitrogens is 4. The van der Waals surface area contributed by atoms with Gasteiger partial charge in [-0.15, -0.1) is 10.2 Å². The molecule has 8 nitrogen and oxygen atoms in total. The molecule has 0 bridgehead atoms. The molecule has 0 aliphatic rings. The van der Waals surface area contributed by atoms with Crippen molar-refractivity contribution in [1.82, 2.24) is 19.7 Å². The molecule has 3 rings (SSSR count). The highest BCUT2D eigenvalue weighted by Gasteiger charge is 2.29. The lowest BCUT2D eigenvalue weighted by Gasteiger charge is -2.21. The molecule has 0 aliphatic carbocycles. The predicted molar refractivity (Wildman–Crippen MR) is 125 cm³/mol. The summed E-state index contributed by atoms with van der Waals surface area (Å²) in [4.78, 5) is 30.3. The van der Waals surface area contributed by atoms with E-state index in [4.69, 9.17) is 4.74 Å². The van der Waals surface area contributed by atoms with Gasteiger partial charge in [-0.1, -0.05) is 49.4 Å². The zero-order valence-corrected chi connectivity index (χ0v) is 19.4. The first-order valence-corrected chi connectivity index (χ1v) is 11.3. The number of rotatable bonds is 7. The van der Waals surface area contributed by atoms with Crippen LogP contribution in [0.15, 0.2) is 59.9 Å². The Bertz CT molecular complexity index is 1050. The summed E-state index contributed by atoms with van der Waals surface area (Å²) < 4.78 is 6.87. The number of pyridine rings is 1. The molecule has 3 aromatic rings. The average molecular weight is 454 g/mol. The molecule has 2 aromatic heterocycles. The van der Waals surface area contributed by atoms with Crippen molar-refractivity contribution in [3.05, 3.63) is 54.7 Å². The Morgan fingerprint density at radius 1 is 1.09 bits per heavy atom. The van der Waals surface area contributed by atoms with E-state index in [9.17, 15) is 9.59 Å². The van der Waals surface area contributed by atoms with Crippen LogP contribution in [0.25, 0.3) is 11.5 Å². The molecule has 32 heavy (non-hydrogen) atoms. The van der Waals surface area contributed by atoms with Crippen LogP contribution in [0.1, 0.15) is 40.5 Å². The van der Waals surface area contributed by atoms with Crippen molar-refractivity contribution in [2.75, 3.05) is 5.32 Å². The Labute approximate surface area is 191 Å². The van der Waals surface area contributed by atoms with Gasteiger partial charge in [0.1, 0.15) is 11.3 Å². The lowest BCUT2D eigenvalue weighted by molar-refractivity contribution is -0.115. The minimum absolute atomic E-state index is 0.166. The summed E-state index contributed by atoms with van der Waals surface area (Å²) in [6, 6.07) is 14.6. The second kappa shape index (κ2) is 10.4. The van der Waals surface area contributed by atoms with Crippen molar-refractivity contribution in [2.24, 2.45) is 0 Å². The van der Waals surface area contributed by atoms with E-state index in [1.54, 1.807) is 45.2 Å². The number of carbonyl (C=O) groups is 2. The third-order valence-corrected chi connectivity index (χ3v) is 5.45. The Morgan fingerprint density at radius 3 is 2.44 bits per heavy atom. The summed E-state index contributed by atoms with van der Waals surface area (Å²) in [5, 5.41) is 11.1. The number of hydrogen-bond donors (Lipinski definition) is 1. The molecule has 1 unspecified atom stereocenters. The Kier molecular flexibility index (Phi) is 7.63. The van der Waals surface area contributed by atoms with Gasteiger partial charge in [-0.05, 0) is 51.5 Å². The molecule has 0 saturated heterocycles. The molecule has 168 valence electrons. The third kappa shape index (κ3) is 6.16. The van der Waals surface area contributed by atoms with Crippen molar-refractivity contribution in [1.29, 1.82) is 0 Å². The van der Waals surface area contributed by atoms with Crippen LogP contribution in [0, 0.1) is 0 Å². The van der Waals surface area contributed by atoms with E-state index in [-0.39, 0.29) is 16.9 Å². The van der Waals surface area contributed by atoms with Gasteiger partial charge in [-0.2, -0.15) is 0 Å². The van der Waals surface area contributed by atoms with Crippen molar-refractivity contribution < 1.29 is 14.3 Å². The van der Waals surface area contributed by atoms with Gasteiger partial charge in [0, 0.05) is 11.9 Å². The van der Waals surface area contributed by atoms with Crippen LogP contribution in [0.2, 0.25) is 0 Å². The summed E-state index contributed by atoms with van der Waals surface area (Å²) in [7, 11) is 0. The fraction of sp³-hybridized carbons (Fsp3) is 0.348. The number of ether oxygens (including phenoxy) is 1. The summed E-state index contributed by atoms with van der Waals surface area (Å²) in [6.45, 7) is 7.36. The topological polar surface area (TPSA) is 99.0 Å². The standard InChI is InChI=1S/C23H27N5O3S/c1-5-11-18(20(29)25-16-12-7-6-8-13-16)32-21-27-26-19(17-14-9-10-15-24-17)28(21)22(30)31-23(2,3)4/h6-10,12-15,18H,5,11H2,1-4H3,(H,25,29). The second-order valence-corrected chi connectivity index (χ2v) is 9.26. The average Bonchev–Trinajstić information content (AvgIpc) is 3.17. The molecular weight excluding hydrogens is 426 g/mol. The zero-order valence-electron chi connectivity index (χ0n) is 18.6. The van der Waals surface area contributed by atoms with Gasteiger partial charge < -0.3 is 10.1 Å². The third-order valence-electron chi connectivity index (χ3n) is 4.24. The fourth-order valence-corrected chi connectivity index (χ4v) is 3.98. The van der Waals surface area contributed by atoms with Gasteiger partial charge in [0.05, 0.1) is 5.25 Å². The molecule has 1 N–H and O–H groups in total. The Morgan fingerprint density at radius 2 is 1.81 bits per heavy atom. The number of carbonyl (C=O) groups excluding carboxylic acids is 2. The minimum Gasteiger partial charge on any atom is -0.443 e. The summed E-state index contributed by atoms with van der Waals surface area (Å²) >= 11 is 1.19. The molecule has 9 heteroatoms. The van der Waals surface area contributed by atoms with E-state index in [1.165, 1.54) is 16.3 Å². The van der Waals surface area contributed by atoms with Gasteiger partial charge in [0.15, 0.2) is 5.82 Å². The highest BCUT2D eigenvalue weighted by atomic mass is 32.2. The highest BCUT2D eigenvalue weighted by molar-refractivity contribution is 8.00. The van der Waals surface area contributed by atoms with Crippen LogP contribution in [0.5, 0.6) is 0 Å². The van der Waals surface area contributed by atoms with Crippen molar-refractivity contribution in [3.8, 4) is 11.5 Å². The van der Waals surface area contributed by atoms with Gasteiger partial charge >= 0.3 is 6.09 Å². The molecule has 2 heterocycles. The van der Waals surface area contributed by atoms with Gasteiger partial charge in [0.2, 0.25) is 11.1 Å². The molecule has 0 radical (unpaired) electrons. The Balaban J connectivity index is 1.93. The van der Waals surface area contributed by atoms with E-state index in [1.807, 2.05) is 37.3 Å². The number of hydrogen-bond acceptors (Lipinski definition) is 7. The number of amides is 1. The molecule has 1 amide bonds. The van der Waals surface area contributed by atoms with E-state index >= 15 is 0 Å². The van der Waals surface area contributed by atoms with E-state index in [2.05, 4.69) is 20.5 Å². The van der Waals surface area contributed by atoms with Crippen LogP contribution in [0.4, 0.5) is 10.5 Å². The van der Waals surface area contributed by atoms with E-state index in [0.29, 0.717) is 17.8 Å². The SMILES string of the molecule is CCCC(Sc1nnc(-c2ccccn2)n1C(=O)OC(C)(C)C)C(=O)Nc1ccccc1. The largest absolute Gasteiger partial charge is 0.443 e. The number of nitrogens with one attached hydrogen (secondary N) is 1. The lowest BCUT2D eigenvalue weighted by Crippen LogP contribution is -2.29. The number of benzene rings is 1. The number of nitrogens with zero attached hydrogens (tertiary/aromatic N) is 4. The smallest absolute Gasteiger partial charge is 0.422 e. The van der Waals surface area contributed by atoms with Crippen LogP contribution in [-0.4, -0.2) is 42.6 Å². The molecule has 1 atom stereocenters. The first-order chi connectivity index (χ1) is 15.3. The second-order valence-electron chi connectivity index (χ2n) is 8.09. The Hall–Kier alpha value is -3.20. The molecule has 0 saturated carbocycles. The van der Waals surface area contributed by atoms with Crippen LogP contribution in [-0.2, 0) is 9.53 Å². The first kappa shape index (κ1) is 23.5. The molecule has 0 fully saturated rings. The van der Waals surface area contributed by atoms with Crippen LogP contribution in [0.3, 0.4) is 0 Å². The van der Waals surface area contributed by atoms with Crippen LogP contribution >= 0.6 is 11.8 Å². The van der Waals surface area contributed by atoms with Gasteiger partial charge in [0.25, 0.3) is 0 Å². The molecule has 0 aliphatic heterocycles. The van der Waals surface area contributed by atoms with Crippen LogP contribution < -0.4 is 5.32 Å². The maximum Gasteiger partial charge on any atom is 0.422 e. The number of thioether (sulfide) groups is 1. The van der Waals surface area contributed by atoms with Crippen molar-refractivity contribution in [3.63, 3.8) is 0 Å². The molecular formula is C23H27N5O3S. The predicted octanol–water partition coefficient (Wildman–Crippen LogP) is 5.02. The van der Waals surface area contributed by atoms with Gasteiger partial charge in [-0.25, -0.2) is 9.36 Å². The van der Waals surface area contributed by atoms with E-state index in [0.717, 1.165) is 6.42 Å².